The summed E-state index contributed by atoms with van der Waals surface area (Å²) in [6.45, 7) is 4.08. The first kappa shape index (κ1) is 12.6. The Morgan fingerprint density at radius 3 is 2.83 bits per heavy atom. The Labute approximate surface area is 107 Å². The summed E-state index contributed by atoms with van der Waals surface area (Å²) in [5, 5.41) is 3.23. The molecule has 4 nitrogen and oxygen atoms in total. The van der Waals surface area contributed by atoms with Gasteiger partial charge in [-0.05, 0) is 12.1 Å². The SMILES string of the molecule is CCc1cnc(CNCCOc2ccccc2)o1. The van der Waals surface area contributed by atoms with E-state index in [1.165, 1.54) is 0 Å². The van der Waals surface area contributed by atoms with Crippen molar-refractivity contribution in [1.82, 2.24) is 10.3 Å². The normalized spacial score (nSPS) is 10.5. The summed E-state index contributed by atoms with van der Waals surface area (Å²) in [7, 11) is 0. The number of aromatic nitrogens is 1. The molecule has 0 saturated heterocycles. The lowest BCUT2D eigenvalue weighted by atomic mass is 10.3. The van der Waals surface area contributed by atoms with E-state index in [4.69, 9.17) is 9.15 Å². The summed E-state index contributed by atoms with van der Waals surface area (Å²) in [5.74, 6) is 2.54. The number of oxazole rings is 1. The van der Waals surface area contributed by atoms with Gasteiger partial charge in [-0.15, -0.1) is 0 Å². The smallest absolute Gasteiger partial charge is 0.208 e. The molecule has 0 saturated carbocycles. The van der Waals surface area contributed by atoms with Crippen molar-refractivity contribution in [1.29, 1.82) is 0 Å². The Balaban J connectivity index is 1.61. The predicted molar refractivity (Wildman–Crippen MR) is 69.5 cm³/mol. The third-order valence-corrected chi connectivity index (χ3v) is 2.52. The highest BCUT2D eigenvalue weighted by atomic mass is 16.5. The molecule has 18 heavy (non-hydrogen) atoms. The number of aryl methyl sites for hydroxylation is 1. The van der Waals surface area contributed by atoms with Crippen LogP contribution in [0.5, 0.6) is 5.75 Å². The van der Waals surface area contributed by atoms with Crippen molar-refractivity contribution in [3.05, 3.63) is 48.2 Å². The summed E-state index contributed by atoms with van der Waals surface area (Å²) in [5.41, 5.74) is 0. The molecule has 4 heteroatoms. The number of hydrogen-bond acceptors (Lipinski definition) is 4. The van der Waals surface area contributed by atoms with Crippen LogP contribution in [0.3, 0.4) is 0 Å². The van der Waals surface area contributed by atoms with Crippen molar-refractivity contribution < 1.29 is 9.15 Å². The van der Waals surface area contributed by atoms with Gasteiger partial charge >= 0.3 is 0 Å². The van der Waals surface area contributed by atoms with Gasteiger partial charge in [-0.2, -0.15) is 0 Å². The van der Waals surface area contributed by atoms with Crippen LogP contribution in [0.2, 0.25) is 0 Å². The van der Waals surface area contributed by atoms with Crippen LogP contribution in [0.1, 0.15) is 18.6 Å². The van der Waals surface area contributed by atoms with E-state index in [-0.39, 0.29) is 0 Å². The third-order valence-electron chi connectivity index (χ3n) is 2.52. The number of nitrogens with zero attached hydrogens (tertiary/aromatic N) is 1. The maximum atomic E-state index is 5.56. The predicted octanol–water partition coefficient (Wildman–Crippen LogP) is 2.41. The van der Waals surface area contributed by atoms with E-state index in [2.05, 4.69) is 10.3 Å². The van der Waals surface area contributed by atoms with Crippen molar-refractivity contribution in [2.24, 2.45) is 0 Å². The zero-order chi connectivity index (χ0) is 12.6. The molecular weight excluding hydrogens is 228 g/mol. The minimum Gasteiger partial charge on any atom is -0.492 e. The number of rotatable bonds is 7. The molecular formula is C14H18N2O2. The number of hydrogen-bond donors (Lipinski definition) is 1. The lowest BCUT2D eigenvalue weighted by molar-refractivity contribution is 0.309. The number of nitrogens with one attached hydrogen (secondary N) is 1. The molecule has 0 aliphatic rings. The second-order valence-electron chi connectivity index (χ2n) is 3.91. The molecule has 1 heterocycles. The zero-order valence-electron chi connectivity index (χ0n) is 10.6. The standard InChI is InChI=1S/C14H18N2O2/c1-2-12-10-16-14(18-12)11-15-8-9-17-13-6-4-3-5-7-13/h3-7,10,15H,2,8-9,11H2,1H3. The highest BCUT2D eigenvalue weighted by Crippen LogP contribution is 2.07. The lowest BCUT2D eigenvalue weighted by Crippen LogP contribution is -2.20. The van der Waals surface area contributed by atoms with Crippen LogP contribution < -0.4 is 10.1 Å². The molecule has 0 unspecified atom stereocenters. The molecule has 0 spiro atoms. The van der Waals surface area contributed by atoms with Gasteiger partial charge in [-0.1, -0.05) is 25.1 Å². The lowest BCUT2D eigenvalue weighted by Gasteiger charge is -2.05. The number of para-hydroxylation sites is 1. The monoisotopic (exact) mass is 246 g/mol. The van der Waals surface area contributed by atoms with Gasteiger partial charge in [0.05, 0.1) is 12.7 Å². The quantitative estimate of drug-likeness (QED) is 0.762. The average molecular weight is 246 g/mol. The van der Waals surface area contributed by atoms with Gasteiger partial charge in [-0.25, -0.2) is 4.98 Å². The molecule has 1 aromatic heterocycles. The fourth-order valence-electron chi connectivity index (χ4n) is 1.55. The molecule has 0 amide bonds. The molecule has 0 fully saturated rings. The van der Waals surface area contributed by atoms with Gasteiger partial charge in [0.25, 0.3) is 0 Å². The molecule has 96 valence electrons. The van der Waals surface area contributed by atoms with Crippen molar-refractivity contribution in [2.75, 3.05) is 13.2 Å². The van der Waals surface area contributed by atoms with Crippen LogP contribution in [0.4, 0.5) is 0 Å². The largest absolute Gasteiger partial charge is 0.492 e. The van der Waals surface area contributed by atoms with Crippen molar-refractivity contribution in [3.63, 3.8) is 0 Å². The van der Waals surface area contributed by atoms with Crippen molar-refractivity contribution in [2.45, 2.75) is 19.9 Å². The summed E-state index contributed by atoms with van der Waals surface area (Å²) in [6.07, 6.45) is 2.65. The topological polar surface area (TPSA) is 47.3 Å². The van der Waals surface area contributed by atoms with E-state index >= 15 is 0 Å². The molecule has 0 aliphatic carbocycles. The fraction of sp³-hybridized carbons (Fsp3) is 0.357. The first-order valence-electron chi connectivity index (χ1n) is 6.20. The highest BCUT2D eigenvalue weighted by molar-refractivity contribution is 5.20. The Bertz CT molecular complexity index is 454. The fourth-order valence-corrected chi connectivity index (χ4v) is 1.55. The van der Waals surface area contributed by atoms with E-state index < -0.39 is 0 Å². The van der Waals surface area contributed by atoms with E-state index in [9.17, 15) is 0 Å². The summed E-state index contributed by atoms with van der Waals surface area (Å²) in [4.78, 5) is 4.17. The third kappa shape index (κ3) is 3.89. The van der Waals surface area contributed by atoms with Crippen molar-refractivity contribution in [3.8, 4) is 5.75 Å². The van der Waals surface area contributed by atoms with E-state index in [1.54, 1.807) is 6.20 Å². The van der Waals surface area contributed by atoms with Gasteiger partial charge in [0.15, 0.2) is 0 Å². The Morgan fingerprint density at radius 1 is 1.28 bits per heavy atom. The highest BCUT2D eigenvalue weighted by Gasteiger charge is 2.01. The van der Waals surface area contributed by atoms with E-state index in [0.717, 1.165) is 30.4 Å². The van der Waals surface area contributed by atoms with Crippen molar-refractivity contribution >= 4 is 0 Å². The molecule has 0 aliphatic heterocycles. The van der Waals surface area contributed by atoms with E-state index in [1.807, 2.05) is 37.3 Å². The second kappa shape index (κ2) is 6.81. The van der Waals surface area contributed by atoms with Gasteiger partial charge in [0, 0.05) is 13.0 Å². The minimum absolute atomic E-state index is 0.630. The van der Waals surface area contributed by atoms with Gasteiger partial charge < -0.3 is 14.5 Å². The van der Waals surface area contributed by atoms with Crippen LogP contribution in [0.25, 0.3) is 0 Å². The first-order valence-corrected chi connectivity index (χ1v) is 6.20. The van der Waals surface area contributed by atoms with Gasteiger partial charge in [-0.3, -0.25) is 0 Å². The summed E-state index contributed by atoms with van der Waals surface area (Å²) >= 11 is 0. The number of ether oxygens (including phenoxy) is 1. The first-order chi connectivity index (χ1) is 8.88. The van der Waals surface area contributed by atoms with Crippen LogP contribution in [-0.2, 0) is 13.0 Å². The molecule has 1 N–H and O–H groups in total. The molecule has 2 aromatic rings. The molecule has 0 radical (unpaired) electrons. The summed E-state index contributed by atoms with van der Waals surface area (Å²) in [6, 6.07) is 9.78. The Morgan fingerprint density at radius 2 is 2.11 bits per heavy atom. The number of benzene rings is 1. The molecule has 2 rings (SSSR count). The Hall–Kier alpha value is -1.81. The molecule has 0 atom stereocenters. The zero-order valence-corrected chi connectivity index (χ0v) is 10.6. The second-order valence-corrected chi connectivity index (χ2v) is 3.91. The minimum atomic E-state index is 0.630. The van der Waals surface area contributed by atoms with E-state index in [0.29, 0.717) is 13.2 Å². The molecule has 1 aromatic carbocycles. The maximum Gasteiger partial charge on any atom is 0.208 e. The maximum absolute atomic E-state index is 5.56. The average Bonchev–Trinajstić information content (AvgIpc) is 2.87. The van der Waals surface area contributed by atoms with Gasteiger partial charge in [0.1, 0.15) is 18.1 Å². The molecule has 0 bridgehead atoms. The summed E-state index contributed by atoms with van der Waals surface area (Å²) < 4.78 is 11.0. The Kier molecular flexibility index (Phi) is 4.78. The van der Waals surface area contributed by atoms with Crippen LogP contribution >= 0.6 is 0 Å². The van der Waals surface area contributed by atoms with Gasteiger partial charge in [0.2, 0.25) is 5.89 Å². The van der Waals surface area contributed by atoms with Crippen LogP contribution in [0.15, 0.2) is 40.9 Å². The van der Waals surface area contributed by atoms with Crippen LogP contribution in [0, 0.1) is 0 Å². The van der Waals surface area contributed by atoms with Crippen LogP contribution in [-0.4, -0.2) is 18.1 Å².